The molecule has 0 aliphatic carbocycles. The second-order valence-electron chi connectivity index (χ2n) is 6.12. The van der Waals surface area contributed by atoms with Crippen molar-refractivity contribution in [2.24, 2.45) is 5.10 Å². The minimum Gasteiger partial charge on any atom is -0.507 e. The van der Waals surface area contributed by atoms with Crippen molar-refractivity contribution < 1.29 is 18.3 Å². The molecule has 0 unspecified atom stereocenters. The number of aromatic hydroxyl groups is 1. The number of benzene rings is 3. The van der Waals surface area contributed by atoms with Gasteiger partial charge in [0.05, 0.1) is 18.2 Å². The van der Waals surface area contributed by atoms with Crippen LogP contribution in [0.2, 0.25) is 0 Å². The van der Waals surface area contributed by atoms with Crippen LogP contribution in [0.25, 0.3) is 10.8 Å². The SMILES string of the molecule is CS(=O)(=O)N(CC(=O)N/N=C\c1ccccc1O)c1cccc2ccccc12. The molecule has 0 spiro atoms. The summed E-state index contributed by atoms with van der Waals surface area (Å²) in [4.78, 5) is 12.3. The van der Waals surface area contributed by atoms with Gasteiger partial charge in [-0.1, -0.05) is 48.5 Å². The van der Waals surface area contributed by atoms with Crippen molar-refractivity contribution in [3.8, 4) is 5.75 Å². The van der Waals surface area contributed by atoms with Crippen molar-refractivity contribution in [3.63, 3.8) is 0 Å². The standard InChI is InChI=1S/C20H19N3O4S/c1-28(26,27)23(18-11-6-9-15-7-2-4-10-17(15)18)14-20(25)22-21-13-16-8-3-5-12-19(16)24/h2-13,24H,14H2,1H3,(H,22,25)/b21-13-. The van der Waals surface area contributed by atoms with Gasteiger partial charge in [0.15, 0.2) is 0 Å². The first-order valence-electron chi connectivity index (χ1n) is 8.41. The third-order valence-corrected chi connectivity index (χ3v) is 5.18. The first kappa shape index (κ1) is 19.4. The highest BCUT2D eigenvalue weighted by atomic mass is 32.2. The number of nitrogens with zero attached hydrogens (tertiary/aromatic N) is 2. The van der Waals surface area contributed by atoms with Gasteiger partial charge in [0, 0.05) is 10.9 Å². The van der Waals surface area contributed by atoms with Gasteiger partial charge in [-0.25, -0.2) is 13.8 Å². The summed E-state index contributed by atoms with van der Waals surface area (Å²) >= 11 is 0. The van der Waals surface area contributed by atoms with E-state index in [0.717, 1.165) is 21.3 Å². The molecular weight excluding hydrogens is 378 g/mol. The Balaban J connectivity index is 1.82. The van der Waals surface area contributed by atoms with Crippen LogP contribution in [0.1, 0.15) is 5.56 Å². The summed E-state index contributed by atoms with van der Waals surface area (Å²) < 4.78 is 25.7. The van der Waals surface area contributed by atoms with E-state index < -0.39 is 22.5 Å². The van der Waals surface area contributed by atoms with Gasteiger partial charge in [-0.05, 0) is 23.6 Å². The molecule has 28 heavy (non-hydrogen) atoms. The quantitative estimate of drug-likeness (QED) is 0.493. The number of fused-ring (bicyclic) bond motifs is 1. The number of hydrogen-bond donors (Lipinski definition) is 2. The number of hydrazone groups is 1. The van der Waals surface area contributed by atoms with Gasteiger partial charge in [-0.15, -0.1) is 0 Å². The number of phenolic OH excluding ortho intramolecular Hbond substituents is 1. The number of carbonyl (C=O) groups excluding carboxylic acids is 1. The Morgan fingerprint density at radius 2 is 1.75 bits per heavy atom. The van der Waals surface area contributed by atoms with Crippen LogP contribution >= 0.6 is 0 Å². The highest BCUT2D eigenvalue weighted by Crippen LogP contribution is 2.28. The molecule has 0 aliphatic heterocycles. The summed E-state index contributed by atoms with van der Waals surface area (Å²) in [6.45, 7) is -0.426. The van der Waals surface area contributed by atoms with Gasteiger partial charge in [-0.2, -0.15) is 5.10 Å². The Hall–Kier alpha value is -3.39. The Bertz CT molecular complexity index is 1140. The van der Waals surface area contributed by atoms with Crippen LogP contribution in [0.15, 0.2) is 71.8 Å². The summed E-state index contributed by atoms with van der Waals surface area (Å²) in [6, 6.07) is 19.1. The zero-order valence-corrected chi connectivity index (χ0v) is 15.9. The molecular formula is C20H19N3O4S. The Kier molecular flexibility index (Phi) is 5.60. The van der Waals surface area contributed by atoms with Crippen molar-refractivity contribution in [3.05, 3.63) is 72.3 Å². The summed E-state index contributed by atoms with van der Waals surface area (Å²) in [6.07, 6.45) is 2.34. The number of amides is 1. The van der Waals surface area contributed by atoms with E-state index in [1.54, 1.807) is 36.4 Å². The molecule has 2 N–H and O–H groups in total. The molecule has 8 heteroatoms. The van der Waals surface area contributed by atoms with Gasteiger partial charge in [-0.3, -0.25) is 9.10 Å². The average molecular weight is 397 g/mol. The van der Waals surface area contributed by atoms with Gasteiger partial charge < -0.3 is 5.11 Å². The zero-order chi connectivity index (χ0) is 20.1. The molecule has 0 radical (unpaired) electrons. The second kappa shape index (κ2) is 8.10. The Labute approximate surface area is 163 Å². The third-order valence-electron chi connectivity index (χ3n) is 4.05. The van der Waals surface area contributed by atoms with Crippen LogP contribution < -0.4 is 9.73 Å². The summed E-state index contributed by atoms with van der Waals surface area (Å²) in [5, 5.41) is 15.1. The maximum Gasteiger partial charge on any atom is 0.260 e. The molecule has 0 aliphatic rings. The van der Waals surface area contributed by atoms with Gasteiger partial charge >= 0.3 is 0 Å². The van der Waals surface area contributed by atoms with Gasteiger partial charge in [0.2, 0.25) is 10.0 Å². The smallest absolute Gasteiger partial charge is 0.260 e. The summed E-state index contributed by atoms with van der Waals surface area (Å²) in [7, 11) is -3.71. The van der Waals surface area contributed by atoms with Crippen LogP contribution in [0.5, 0.6) is 5.75 Å². The van der Waals surface area contributed by atoms with E-state index >= 15 is 0 Å². The van der Waals surface area contributed by atoms with Crippen molar-refractivity contribution in [2.45, 2.75) is 0 Å². The van der Waals surface area contributed by atoms with E-state index in [1.807, 2.05) is 24.3 Å². The molecule has 0 atom stereocenters. The van der Waals surface area contributed by atoms with Crippen LogP contribution in [-0.2, 0) is 14.8 Å². The fourth-order valence-corrected chi connectivity index (χ4v) is 3.61. The predicted octanol–water partition coefficient (Wildman–Crippen LogP) is 2.46. The van der Waals surface area contributed by atoms with Gasteiger partial charge in [0.25, 0.3) is 5.91 Å². The number of anilines is 1. The molecule has 0 heterocycles. The van der Waals surface area contributed by atoms with Crippen molar-refractivity contribution in [2.75, 3.05) is 17.1 Å². The minimum atomic E-state index is -3.71. The lowest BCUT2D eigenvalue weighted by atomic mass is 10.1. The maximum absolute atomic E-state index is 12.3. The lowest BCUT2D eigenvalue weighted by Crippen LogP contribution is -2.39. The number of carbonyl (C=O) groups is 1. The zero-order valence-electron chi connectivity index (χ0n) is 15.1. The largest absolute Gasteiger partial charge is 0.507 e. The number of sulfonamides is 1. The molecule has 7 nitrogen and oxygen atoms in total. The molecule has 3 rings (SSSR count). The maximum atomic E-state index is 12.3. The van der Waals surface area contributed by atoms with Crippen LogP contribution in [0.4, 0.5) is 5.69 Å². The minimum absolute atomic E-state index is 0.0222. The van der Waals surface area contributed by atoms with Crippen molar-refractivity contribution >= 4 is 38.6 Å². The van der Waals surface area contributed by atoms with E-state index in [9.17, 15) is 18.3 Å². The fourth-order valence-electron chi connectivity index (χ4n) is 2.74. The molecule has 3 aromatic carbocycles. The lowest BCUT2D eigenvalue weighted by molar-refractivity contribution is -0.119. The molecule has 0 saturated carbocycles. The molecule has 0 saturated heterocycles. The van der Waals surface area contributed by atoms with E-state index in [1.165, 1.54) is 12.3 Å². The average Bonchev–Trinajstić information content (AvgIpc) is 2.66. The number of phenols is 1. The van der Waals surface area contributed by atoms with Gasteiger partial charge in [0.1, 0.15) is 12.3 Å². The molecule has 0 bridgehead atoms. The molecule has 0 fully saturated rings. The molecule has 1 amide bonds. The fraction of sp³-hybridized carbons (Fsp3) is 0.100. The van der Waals surface area contributed by atoms with E-state index in [2.05, 4.69) is 10.5 Å². The lowest BCUT2D eigenvalue weighted by Gasteiger charge is -2.23. The van der Waals surface area contributed by atoms with Crippen molar-refractivity contribution in [1.29, 1.82) is 0 Å². The normalized spacial score (nSPS) is 11.6. The Morgan fingerprint density at radius 3 is 2.50 bits per heavy atom. The topological polar surface area (TPSA) is 99.1 Å². The monoisotopic (exact) mass is 397 g/mol. The van der Waals surface area contributed by atoms with Crippen molar-refractivity contribution in [1.82, 2.24) is 5.43 Å². The number of para-hydroxylation sites is 1. The molecule has 0 aromatic heterocycles. The van der Waals surface area contributed by atoms with Crippen LogP contribution in [0.3, 0.4) is 0 Å². The molecule has 3 aromatic rings. The van der Waals surface area contributed by atoms with E-state index in [-0.39, 0.29) is 5.75 Å². The first-order chi connectivity index (χ1) is 13.4. The summed E-state index contributed by atoms with van der Waals surface area (Å²) in [5.74, 6) is -0.584. The highest BCUT2D eigenvalue weighted by molar-refractivity contribution is 7.92. The first-order valence-corrected chi connectivity index (χ1v) is 10.3. The van der Waals surface area contributed by atoms with E-state index in [4.69, 9.17) is 0 Å². The van der Waals surface area contributed by atoms with Crippen LogP contribution in [0, 0.1) is 0 Å². The van der Waals surface area contributed by atoms with E-state index in [0.29, 0.717) is 11.3 Å². The Morgan fingerprint density at radius 1 is 1.07 bits per heavy atom. The third kappa shape index (κ3) is 4.47. The highest BCUT2D eigenvalue weighted by Gasteiger charge is 2.22. The summed E-state index contributed by atoms with van der Waals surface area (Å²) in [5.41, 5.74) is 3.14. The predicted molar refractivity (Wildman–Crippen MR) is 110 cm³/mol. The van der Waals surface area contributed by atoms with Crippen LogP contribution in [-0.4, -0.2) is 38.4 Å². The second-order valence-corrected chi connectivity index (χ2v) is 8.03. The number of nitrogens with one attached hydrogen (secondary N) is 1. The number of hydrogen-bond acceptors (Lipinski definition) is 5. The number of rotatable bonds is 6. The molecule has 144 valence electrons.